The lowest BCUT2D eigenvalue weighted by atomic mass is 9.84. The molecule has 0 radical (unpaired) electrons. The Hall–Kier alpha value is -7.94. The Balaban J connectivity index is 1.03. The summed E-state index contributed by atoms with van der Waals surface area (Å²) in [5, 5.41) is 11.9. The zero-order valence-electron chi connectivity index (χ0n) is 32.7. The van der Waals surface area contributed by atoms with Crippen LogP contribution in [-0.4, -0.2) is 0 Å². The van der Waals surface area contributed by atoms with E-state index >= 15 is 0 Å². The highest BCUT2D eigenvalue weighted by Crippen LogP contribution is 2.47. The third-order valence-electron chi connectivity index (χ3n) is 12.2. The molecule has 0 N–H and O–H groups in total. The van der Waals surface area contributed by atoms with Gasteiger partial charge in [0.2, 0.25) is 0 Å². The van der Waals surface area contributed by atoms with Crippen LogP contribution < -0.4 is 4.90 Å². The summed E-state index contributed by atoms with van der Waals surface area (Å²) in [6.07, 6.45) is 0. The molecule has 60 heavy (non-hydrogen) atoms. The Labute approximate surface area is 347 Å². The molecular weight excluding hydrogens is 727 g/mol. The van der Waals surface area contributed by atoms with Crippen LogP contribution in [0, 0.1) is 0 Å². The van der Waals surface area contributed by atoms with E-state index in [1.54, 1.807) is 0 Å². The third kappa shape index (κ3) is 5.50. The fourth-order valence-electron chi connectivity index (χ4n) is 9.45. The molecule has 12 aromatic rings. The minimum absolute atomic E-state index is 0.869. The summed E-state index contributed by atoms with van der Waals surface area (Å²) in [5.74, 6) is 0. The van der Waals surface area contributed by atoms with Gasteiger partial charge in [-0.05, 0) is 108 Å². The summed E-state index contributed by atoms with van der Waals surface area (Å²) in [4.78, 5) is 2.36. The highest BCUT2D eigenvalue weighted by molar-refractivity contribution is 6.22. The first-order chi connectivity index (χ1) is 29.8. The van der Waals surface area contributed by atoms with Gasteiger partial charge in [0.1, 0.15) is 11.2 Å². The van der Waals surface area contributed by atoms with E-state index in [9.17, 15) is 0 Å². The van der Waals surface area contributed by atoms with Crippen LogP contribution in [0.1, 0.15) is 0 Å². The molecule has 0 saturated heterocycles. The summed E-state index contributed by atoms with van der Waals surface area (Å²) in [6.45, 7) is 0. The Morgan fingerprint density at radius 1 is 0.283 bits per heavy atom. The maximum atomic E-state index is 6.71. The van der Waals surface area contributed by atoms with E-state index in [2.05, 4.69) is 229 Å². The summed E-state index contributed by atoms with van der Waals surface area (Å²) >= 11 is 0. The minimum atomic E-state index is 0.869. The van der Waals surface area contributed by atoms with Crippen LogP contribution in [0.15, 0.2) is 229 Å². The molecule has 2 heteroatoms. The maximum absolute atomic E-state index is 6.71. The van der Waals surface area contributed by atoms with E-state index in [0.29, 0.717) is 0 Å². The van der Waals surface area contributed by atoms with E-state index in [0.717, 1.165) is 50.0 Å². The molecule has 12 rings (SSSR count). The number of furan rings is 1. The first-order valence-corrected chi connectivity index (χ1v) is 20.6. The first kappa shape index (κ1) is 34.1. The molecule has 0 amide bonds. The molecule has 0 bridgehead atoms. The maximum Gasteiger partial charge on any atom is 0.143 e. The van der Waals surface area contributed by atoms with Crippen molar-refractivity contribution in [3.8, 4) is 33.4 Å². The number of fused-ring (bicyclic) bond motifs is 9. The molecule has 0 spiro atoms. The molecule has 0 atom stereocenters. The van der Waals surface area contributed by atoms with Gasteiger partial charge < -0.3 is 9.32 Å². The van der Waals surface area contributed by atoms with E-state index in [1.807, 2.05) is 0 Å². The monoisotopic (exact) mass is 763 g/mol. The normalized spacial score (nSPS) is 11.7. The summed E-state index contributed by atoms with van der Waals surface area (Å²) < 4.78 is 6.71. The summed E-state index contributed by atoms with van der Waals surface area (Å²) in [7, 11) is 0. The Kier molecular flexibility index (Phi) is 7.89. The average Bonchev–Trinajstić information content (AvgIpc) is 3.70. The van der Waals surface area contributed by atoms with Crippen molar-refractivity contribution < 1.29 is 4.42 Å². The van der Waals surface area contributed by atoms with Crippen molar-refractivity contribution in [2.24, 2.45) is 0 Å². The zero-order valence-corrected chi connectivity index (χ0v) is 32.7. The second-order valence-corrected chi connectivity index (χ2v) is 15.6. The highest BCUT2D eigenvalue weighted by atomic mass is 16.3. The van der Waals surface area contributed by atoms with E-state index < -0.39 is 0 Å². The van der Waals surface area contributed by atoms with E-state index in [4.69, 9.17) is 4.42 Å². The Morgan fingerprint density at radius 3 is 1.57 bits per heavy atom. The van der Waals surface area contributed by atoms with Crippen LogP contribution >= 0.6 is 0 Å². The van der Waals surface area contributed by atoms with Gasteiger partial charge in [-0.2, -0.15) is 0 Å². The topological polar surface area (TPSA) is 16.4 Å². The second-order valence-electron chi connectivity index (χ2n) is 15.6. The van der Waals surface area contributed by atoms with Crippen molar-refractivity contribution in [2.75, 3.05) is 4.90 Å². The summed E-state index contributed by atoms with van der Waals surface area (Å²) in [6, 6.07) is 81.2. The molecule has 0 aliphatic rings. The molecule has 1 aromatic heterocycles. The lowest BCUT2D eigenvalue weighted by molar-refractivity contribution is 0.672. The van der Waals surface area contributed by atoms with Crippen LogP contribution in [0.3, 0.4) is 0 Å². The molecule has 0 aliphatic heterocycles. The number of anilines is 3. The summed E-state index contributed by atoms with van der Waals surface area (Å²) in [5.41, 5.74) is 12.3. The average molecular weight is 764 g/mol. The van der Waals surface area contributed by atoms with Crippen molar-refractivity contribution in [2.45, 2.75) is 0 Å². The van der Waals surface area contributed by atoms with Crippen LogP contribution in [-0.2, 0) is 0 Å². The number of hydrogen-bond donors (Lipinski definition) is 0. The van der Waals surface area contributed by atoms with Crippen LogP contribution in [0.5, 0.6) is 0 Å². The van der Waals surface area contributed by atoms with Gasteiger partial charge in [0, 0.05) is 39.0 Å². The van der Waals surface area contributed by atoms with Gasteiger partial charge in [-0.15, -0.1) is 0 Å². The fourth-order valence-corrected chi connectivity index (χ4v) is 9.45. The number of rotatable bonds is 6. The lowest BCUT2D eigenvalue weighted by Gasteiger charge is -2.27. The molecular formula is C58H37NO. The molecule has 0 unspecified atom stereocenters. The van der Waals surface area contributed by atoms with Crippen molar-refractivity contribution >= 4 is 82.1 Å². The van der Waals surface area contributed by atoms with E-state index in [1.165, 1.54) is 65.5 Å². The predicted octanol–water partition coefficient (Wildman–Crippen LogP) is 16.7. The molecule has 11 aromatic carbocycles. The standard InChI is InChI=1S/C58H37NO/c1-3-16-41(17-4-1)56-51-24-12-11-23-48(51)49-33-29-43(36-53(49)57(56)42-18-5-2-6-19-42)38-26-30-44(31-27-38)59(54-25-13-20-39-14-7-9-21-46(39)54)45-32-35-50-52-34-28-40-15-8-10-22-47(40)58(52)60-55(50)37-45/h1-37H. The van der Waals surface area contributed by atoms with E-state index in [-0.39, 0.29) is 0 Å². The van der Waals surface area contributed by atoms with Gasteiger partial charge in [0.15, 0.2) is 0 Å². The van der Waals surface area contributed by atoms with Crippen LogP contribution in [0.2, 0.25) is 0 Å². The third-order valence-corrected chi connectivity index (χ3v) is 12.2. The number of nitrogens with zero attached hydrogens (tertiary/aromatic N) is 1. The van der Waals surface area contributed by atoms with Gasteiger partial charge in [0.25, 0.3) is 0 Å². The van der Waals surface area contributed by atoms with Crippen molar-refractivity contribution in [1.29, 1.82) is 0 Å². The van der Waals surface area contributed by atoms with Gasteiger partial charge in [-0.3, -0.25) is 0 Å². The van der Waals surface area contributed by atoms with Crippen LogP contribution in [0.4, 0.5) is 17.1 Å². The Bertz CT molecular complexity index is 3580. The number of benzene rings is 11. The van der Waals surface area contributed by atoms with Crippen molar-refractivity contribution in [3.05, 3.63) is 224 Å². The second kappa shape index (κ2) is 13.9. The molecule has 0 saturated carbocycles. The highest BCUT2D eigenvalue weighted by Gasteiger charge is 2.20. The lowest BCUT2D eigenvalue weighted by Crippen LogP contribution is -2.10. The minimum Gasteiger partial charge on any atom is -0.455 e. The predicted molar refractivity (Wildman–Crippen MR) is 255 cm³/mol. The molecule has 280 valence electrons. The number of hydrogen-bond acceptors (Lipinski definition) is 2. The molecule has 0 aliphatic carbocycles. The Morgan fingerprint density at radius 2 is 0.817 bits per heavy atom. The van der Waals surface area contributed by atoms with Gasteiger partial charge >= 0.3 is 0 Å². The van der Waals surface area contributed by atoms with Gasteiger partial charge in [0.05, 0.1) is 5.69 Å². The molecule has 2 nitrogen and oxygen atoms in total. The zero-order chi connectivity index (χ0) is 39.6. The molecule has 1 heterocycles. The van der Waals surface area contributed by atoms with Gasteiger partial charge in [-0.1, -0.05) is 176 Å². The largest absolute Gasteiger partial charge is 0.455 e. The van der Waals surface area contributed by atoms with Gasteiger partial charge in [-0.25, -0.2) is 0 Å². The fraction of sp³-hybridized carbons (Fsp3) is 0. The van der Waals surface area contributed by atoms with Crippen molar-refractivity contribution in [3.63, 3.8) is 0 Å². The molecule has 0 fully saturated rings. The van der Waals surface area contributed by atoms with Crippen LogP contribution in [0.25, 0.3) is 98.4 Å². The smallest absolute Gasteiger partial charge is 0.143 e. The first-order valence-electron chi connectivity index (χ1n) is 20.6. The SMILES string of the molecule is c1ccc(-c2c(-c3ccccc3)c3cc(-c4ccc(N(c5ccc6c(c5)oc5c7ccccc7ccc65)c5cccc6ccccc56)cc4)ccc3c3ccccc23)cc1. The quantitative estimate of drug-likeness (QED) is 0.157. The van der Waals surface area contributed by atoms with Crippen molar-refractivity contribution in [1.82, 2.24) is 0 Å².